The Morgan fingerprint density at radius 3 is 2.58 bits per heavy atom. The average molecular weight is 258 g/mol. The Hall–Kier alpha value is -2.07. The van der Waals surface area contributed by atoms with Crippen LogP contribution in [0.25, 0.3) is 0 Å². The van der Waals surface area contributed by atoms with Crippen molar-refractivity contribution in [1.29, 1.82) is 0 Å². The molecule has 1 heterocycles. The van der Waals surface area contributed by atoms with Crippen LogP contribution in [0.15, 0.2) is 48.7 Å². The normalized spacial score (nSPS) is 13.8. The van der Waals surface area contributed by atoms with Crippen LogP contribution in [0.4, 0.5) is 0 Å². The number of ether oxygens (including phenoxy) is 1. The molecule has 4 heteroatoms. The van der Waals surface area contributed by atoms with E-state index < -0.39 is 5.54 Å². The monoisotopic (exact) mass is 258 g/mol. The molecule has 0 bridgehead atoms. The van der Waals surface area contributed by atoms with E-state index in [1.165, 1.54) is 0 Å². The van der Waals surface area contributed by atoms with E-state index in [1.807, 2.05) is 37.3 Å². The van der Waals surface area contributed by atoms with Gasteiger partial charge in [0.2, 0.25) is 0 Å². The number of aromatic nitrogens is 1. The maximum Gasteiger partial charge on any atom is 0.268 e. The minimum atomic E-state index is -0.557. The zero-order valence-corrected chi connectivity index (χ0v) is 11.1. The lowest BCUT2D eigenvalue weighted by Gasteiger charge is -2.30. The van der Waals surface area contributed by atoms with E-state index in [2.05, 4.69) is 10.3 Å². The molecule has 2 N–H and O–H groups in total. The van der Waals surface area contributed by atoms with Crippen LogP contribution in [0.2, 0.25) is 0 Å². The van der Waals surface area contributed by atoms with Crippen LogP contribution in [0.5, 0.6) is 0 Å². The molecule has 1 atom stereocenters. The summed E-state index contributed by atoms with van der Waals surface area (Å²) >= 11 is 0. The number of hydrogen-bond donors (Lipinski definition) is 2. The summed E-state index contributed by atoms with van der Waals surface area (Å²) in [6, 6.07) is 13.3. The molecule has 0 spiro atoms. The van der Waals surface area contributed by atoms with E-state index in [4.69, 9.17) is 4.74 Å². The number of nitrogens with one attached hydrogen (secondary N) is 2. The van der Waals surface area contributed by atoms with Crippen molar-refractivity contribution in [3.63, 3.8) is 0 Å². The van der Waals surface area contributed by atoms with Gasteiger partial charge < -0.3 is 15.0 Å². The van der Waals surface area contributed by atoms with Crippen molar-refractivity contribution >= 4 is 5.91 Å². The first-order valence-electron chi connectivity index (χ1n) is 6.16. The predicted molar refractivity (Wildman–Crippen MR) is 73.9 cm³/mol. The first-order chi connectivity index (χ1) is 9.15. The van der Waals surface area contributed by atoms with Gasteiger partial charge in [-0.1, -0.05) is 30.3 Å². The molecule has 0 unspecified atom stereocenters. The Morgan fingerprint density at radius 1 is 1.26 bits per heavy atom. The second kappa shape index (κ2) is 5.71. The predicted octanol–water partition coefficient (Wildman–Crippen LogP) is 2.31. The van der Waals surface area contributed by atoms with Crippen LogP contribution in [0.1, 0.15) is 23.0 Å². The van der Waals surface area contributed by atoms with Crippen LogP contribution < -0.4 is 5.32 Å². The van der Waals surface area contributed by atoms with Gasteiger partial charge in [-0.25, -0.2) is 0 Å². The minimum Gasteiger partial charge on any atom is -0.382 e. The molecule has 1 amide bonds. The van der Waals surface area contributed by atoms with Gasteiger partial charge >= 0.3 is 0 Å². The van der Waals surface area contributed by atoms with Crippen molar-refractivity contribution in [3.8, 4) is 0 Å². The number of carbonyl (C=O) groups is 1. The molecular weight excluding hydrogens is 240 g/mol. The third-order valence-corrected chi connectivity index (χ3v) is 3.08. The number of carbonyl (C=O) groups excluding carboxylic acids is 1. The number of methoxy groups -OCH3 is 1. The minimum absolute atomic E-state index is 0.145. The quantitative estimate of drug-likeness (QED) is 0.864. The molecule has 0 fully saturated rings. The lowest BCUT2D eigenvalue weighted by molar-refractivity contribution is 0.0782. The fourth-order valence-electron chi connectivity index (χ4n) is 2.08. The molecule has 2 rings (SSSR count). The van der Waals surface area contributed by atoms with Gasteiger partial charge in [0.1, 0.15) is 5.69 Å². The molecule has 19 heavy (non-hydrogen) atoms. The summed E-state index contributed by atoms with van der Waals surface area (Å²) < 4.78 is 5.25. The summed E-state index contributed by atoms with van der Waals surface area (Å²) in [5.74, 6) is -0.145. The molecule has 100 valence electrons. The van der Waals surface area contributed by atoms with E-state index in [-0.39, 0.29) is 5.91 Å². The van der Waals surface area contributed by atoms with Crippen molar-refractivity contribution in [2.45, 2.75) is 12.5 Å². The molecular formula is C15H18N2O2. The zero-order valence-electron chi connectivity index (χ0n) is 11.1. The highest BCUT2D eigenvalue weighted by Crippen LogP contribution is 2.21. The smallest absolute Gasteiger partial charge is 0.268 e. The summed E-state index contributed by atoms with van der Waals surface area (Å²) in [6.07, 6.45) is 1.73. The van der Waals surface area contributed by atoms with Gasteiger partial charge in [0.25, 0.3) is 5.91 Å². The van der Waals surface area contributed by atoms with E-state index in [1.54, 1.807) is 25.4 Å². The molecule has 0 aliphatic heterocycles. The fraction of sp³-hybridized carbons (Fsp3) is 0.267. The first kappa shape index (κ1) is 13.4. The topological polar surface area (TPSA) is 54.1 Å². The molecule has 0 radical (unpaired) electrons. The largest absolute Gasteiger partial charge is 0.382 e. The fourth-order valence-corrected chi connectivity index (χ4v) is 2.08. The van der Waals surface area contributed by atoms with Crippen LogP contribution in [-0.2, 0) is 10.3 Å². The number of amides is 1. The molecule has 0 aliphatic carbocycles. The van der Waals surface area contributed by atoms with E-state index >= 15 is 0 Å². The molecule has 2 aromatic rings. The van der Waals surface area contributed by atoms with Gasteiger partial charge in [0, 0.05) is 13.3 Å². The van der Waals surface area contributed by atoms with Crippen LogP contribution in [0.3, 0.4) is 0 Å². The molecule has 1 aromatic carbocycles. The molecule has 1 aromatic heterocycles. The Labute approximate surface area is 112 Å². The highest BCUT2D eigenvalue weighted by molar-refractivity contribution is 5.93. The summed E-state index contributed by atoms with van der Waals surface area (Å²) in [4.78, 5) is 15.1. The third-order valence-electron chi connectivity index (χ3n) is 3.08. The van der Waals surface area contributed by atoms with E-state index in [9.17, 15) is 4.79 Å². The van der Waals surface area contributed by atoms with E-state index in [0.717, 1.165) is 5.56 Å². The summed E-state index contributed by atoms with van der Waals surface area (Å²) in [5, 5.41) is 3.02. The average Bonchev–Trinajstić information content (AvgIpc) is 2.94. The van der Waals surface area contributed by atoms with Crippen molar-refractivity contribution in [2.24, 2.45) is 0 Å². The number of aromatic amines is 1. The standard InChI is InChI=1S/C15H18N2O2/c1-15(11-19-2,12-7-4-3-5-8-12)17-14(18)13-9-6-10-16-13/h3-10,16H,11H2,1-2H3,(H,17,18)/t15-/m1/s1. The van der Waals surface area contributed by atoms with Crippen LogP contribution >= 0.6 is 0 Å². The van der Waals surface area contributed by atoms with E-state index in [0.29, 0.717) is 12.3 Å². The number of benzene rings is 1. The van der Waals surface area contributed by atoms with Gasteiger partial charge in [-0.3, -0.25) is 4.79 Å². The Morgan fingerprint density at radius 2 is 2.00 bits per heavy atom. The zero-order chi connectivity index (χ0) is 13.7. The van der Waals surface area contributed by atoms with Crippen LogP contribution in [0, 0.1) is 0 Å². The van der Waals surface area contributed by atoms with Crippen molar-refractivity contribution in [3.05, 3.63) is 59.9 Å². The lowest BCUT2D eigenvalue weighted by atomic mass is 9.92. The van der Waals surface area contributed by atoms with Gasteiger partial charge in [-0.05, 0) is 24.6 Å². The third kappa shape index (κ3) is 3.03. The Bertz CT molecular complexity index is 522. The molecule has 4 nitrogen and oxygen atoms in total. The van der Waals surface area contributed by atoms with Gasteiger partial charge in [-0.15, -0.1) is 0 Å². The Balaban J connectivity index is 2.23. The second-order valence-electron chi connectivity index (χ2n) is 4.67. The highest BCUT2D eigenvalue weighted by atomic mass is 16.5. The summed E-state index contributed by atoms with van der Waals surface area (Å²) in [6.45, 7) is 2.36. The number of rotatable bonds is 5. The molecule has 0 saturated heterocycles. The number of H-pyrrole nitrogens is 1. The highest BCUT2D eigenvalue weighted by Gasteiger charge is 2.29. The second-order valence-corrected chi connectivity index (χ2v) is 4.67. The van der Waals surface area contributed by atoms with Crippen molar-refractivity contribution in [2.75, 3.05) is 13.7 Å². The summed E-state index contributed by atoms with van der Waals surface area (Å²) in [5.41, 5.74) is 0.994. The molecule has 0 saturated carbocycles. The maximum absolute atomic E-state index is 12.2. The van der Waals surface area contributed by atoms with Gasteiger partial charge in [0.15, 0.2) is 0 Å². The molecule has 0 aliphatic rings. The van der Waals surface area contributed by atoms with Crippen LogP contribution in [-0.4, -0.2) is 24.6 Å². The van der Waals surface area contributed by atoms with Crippen molar-refractivity contribution in [1.82, 2.24) is 10.3 Å². The van der Waals surface area contributed by atoms with Crippen molar-refractivity contribution < 1.29 is 9.53 Å². The SMILES string of the molecule is COC[C@@](C)(NC(=O)c1ccc[nH]1)c1ccccc1. The lowest BCUT2D eigenvalue weighted by Crippen LogP contribution is -2.46. The van der Waals surface area contributed by atoms with Gasteiger partial charge in [-0.2, -0.15) is 0 Å². The summed E-state index contributed by atoms with van der Waals surface area (Å²) in [7, 11) is 1.63. The number of hydrogen-bond acceptors (Lipinski definition) is 2. The maximum atomic E-state index is 12.2. The Kier molecular flexibility index (Phi) is 4.02. The van der Waals surface area contributed by atoms with Gasteiger partial charge in [0.05, 0.1) is 12.1 Å². The first-order valence-corrected chi connectivity index (χ1v) is 6.16.